The molecule has 1 saturated carbocycles. The lowest BCUT2D eigenvalue weighted by Crippen LogP contribution is -2.29. The second-order valence-electron chi connectivity index (χ2n) is 10.5. The number of hydrogen-bond acceptors (Lipinski definition) is 6. The number of ether oxygens (including phenoxy) is 3. The van der Waals surface area contributed by atoms with E-state index in [1.54, 1.807) is 0 Å². The molecular weight excluding hydrogens is 444 g/mol. The molecular formula is C29H44O6. The van der Waals surface area contributed by atoms with Gasteiger partial charge in [0.15, 0.2) is 6.61 Å². The van der Waals surface area contributed by atoms with Crippen LogP contribution in [0.15, 0.2) is 18.2 Å². The van der Waals surface area contributed by atoms with Crippen molar-refractivity contribution in [3.8, 4) is 5.75 Å². The van der Waals surface area contributed by atoms with Crippen LogP contribution < -0.4 is 4.74 Å². The average Bonchev–Trinajstić information content (AvgIpc) is 3.17. The summed E-state index contributed by atoms with van der Waals surface area (Å²) in [6, 6.07) is 6.03. The van der Waals surface area contributed by atoms with Crippen LogP contribution in [0.3, 0.4) is 0 Å². The Morgan fingerprint density at radius 2 is 1.94 bits per heavy atom. The summed E-state index contributed by atoms with van der Waals surface area (Å²) < 4.78 is 16.4. The van der Waals surface area contributed by atoms with Gasteiger partial charge in [-0.05, 0) is 86.3 Å². The molecule has 6 heteroatoms. The molecule has 1 aromatic carbocycles. The first-order chi connectivity index (χ1) is 16.9. The van der Waals surface area contributed by atoms with Crippen LogP contribution in [0, 0.1) is 23.7 Å². The third-order valence-electron chi connectivity index (χ3n) is 8.17. The SMILES string of the molecule is CCCCC[C@@H](CC[C@@H]1[C@H]2Cc3cccc(OCC(=O)OC)c3C[C@H]2C[C@H]1O)OC(=O)[C@@H](C)CC. The van der Waals surface area contributed by atoms with Gasteiger partial charge in [0.2, 0.25) is 0 Å². The number of hydrogen-bond donors (Lipinski definition) is 1. The zero-order valence-corrected chi connectivity index (χ0v) is 22.0. The molecule has 3 rings (SSSR count). The van der Waals surface area contributed by atoms with Crippen molar-refractivity contribution in [2.24, 2.45) is 23.7 Å². The Kier molecular flexibility index (Phi) is 10.4. The van der Waals surface area contributed by atoms with E-state index in [2.05, 4.69) is 13.0 Å². The van der Waals surface area contributed by atoms with Crippen molar-refractivity contribution >= 4 is 11.9 Å². The summed E-state index contributed by atoms with van der Waals surface area (Å²) in [5, 5.41) is 11.0. The molecule has 0 unspecified atom stereocenters. The molecule has 2 aliphatic carbocycles. The fourth-order valence-electron chi connectivity index (χ4n) is 5.84. The van der Waals surface area contributed by atoms with Gasteiger partial charge in [0, 0.05) is 0 Å². The Morgan fingerprint density at radius 3 is 2.66 bits per heavy atom. The zero-order valence-electron chi connectivity index (χ0n) is 22.0. The maximum Gasteiger partial charge on any atom is 0.343 e. The second-order valence-corrected chi connectivity index (χ2v) is 10.5. The molecule has 0 aliphatic heterocycles. The van der Waals surface area contributed by atoms with E-state index in [0.29, 0.717) is 11.8 Å². The van der Waals surface area contributed by atoms with Crippen LogP contribution in [0.1, 0.15) is 83.3 Å². The fourth-order valence-corrected chi connectivity index (χ4v) is 5.84. The number of rotatable bonds is 13. The maximum atomic E-state index is 12.5. The Bertz CT molecular complexity index is 836. The number of benzene rings is 1. The highest BCUT2D eigenvalue weighted by Gasteiger charge is 2.45. The summed E-state index contributed by atoms with van der Waals surface area (Å²) in [4.78, 5) is 24.0. The van der Waals surface area contributed by atoms with Crippen LogP contribution in [0.4, 0.5) is 0 Å². The third-order valence-corrected chi connectivity index (χ3v) is 8.17. The lowest BCUT2D eigenvalue weighted by molar-refractivity contribution is -0.154. The summed E-state index contributed by atoms with van der Waals surface area (Å²) in [5.74, 6) is 1.21. The molecule has 0 radical (unpaired) electrons. The largest absolute Gasteiger partial charge is 0.482 e. The fraction of sp³-hybridized carbons (Fsp3) is 0.724. The third kappa shape index (κ3) is 7.22. The van der Waals surface area contributed by atoms with Crippen LogP contribution in [0.5, 0.6) is 5.75 Å². The van der Waals surface area contributed by atoms with Gasteiger partial charge in [-0.25, -0.2) is 4.79 Å². The van der Waals surface area contributed by atoms with Gasteiger partial charge in [-0.15, -0.1) is 0 Å². The van der Waals surface area contributed by atoms with Gasteiger partial charge in [0.05, 0.1) is 19.1 Å². The van der Waals surface area contributed by atoms with Crippen LogP contribution in [0.25, 0.3) is 0 Å². The first-order valence-corrected chi connectivity index (χ1v) is 13.6. The quantitative estimate of drug-likeness (QED) is 0.301. The lowest BCUT2D eigenvalue weighted by atomic mass is 9.73. The Hall–Kier alpha value is -2.08. The zero-order chi connectivity index (χ0) is 25.4. The standard InChI is InChI=1S/C29H44O6/c1-5-7-8-11-22(35-29(32)19(3)6-2)13-14-23-24-15-20-10-9-12-27(34-18-28(31)33-4)25(20)16-21(24)17-26(23)30/h9-10,12,19,21-24,26,30H,5-8,11,13-18H2,1-4H3/t19-,21-,22-,23+,24-,26+/m0/s1. The summed E-state index contributed by atoms with van der Waals surface area (Å²) in [6.45, 7) is 6.03. The number of fused-ring (bicyclic) bond motifs is 2. The highest BCUT2D eigenvalue weighted by atomic mass is 16.6. The van der Waals surface area contributed by atoms with Crippen molar-refractivity contribution in [3.05, 3.63) is 29.3 Å². The van der Waals surface area contributed by atoms with Gasteiger partial charge < -0.3 is 19.3 Å². The summed E-state index contributed by atoms with van der Waals surface area (Å²) in [6.07, 6.45) is 8.87. The van der Waals surface area contributed by atoms with E-state index in [0.717, 1.165) is 75.5 Å². The molecule has 0 heterocycles. The highest BCUT2D eigenvalue weighted by Crippen LogP contribution is 2.48. The van der Waals surface area contributed by atoms with Gasteiger partial charge in [-0.1, -0.05) is 45.7 Å². The highest BCUT2D eigenvalue weighted by molar-refractivity contribution is 5.72. The molecule has 0 aromatic heterocycles. The van der Waals surface area contributed by atoms with Crippen molar-refractivity contribution in [2.45, 2.75) is 97.2 Å². The first kappa shape index (κ1) is 27.5. The minimum atomic E-state index is -0.393. The molecule has 1 N–H and O–H groups in total. The van der Waals surface area contributed by atoms with Crippen molar-refractivity contribution in [1.82, 2.24) is 0 Å². The van der Waals surface area contributed by atoms with E-state index in [-0.39, 0.29) is 36.6 Å². The van der Waals surface area contributed by atoms with Crippen LogP contribution in [-0.2, 0) is 31.9 Å². The average molecular weight is 489 g/mol. The molecule has 196 valence electrons. The maximum absolute atomic E-state index is 12.5. The Morgan fingerprint density at radius 1 is 1.14 bits per heavy atom. The number of aliphatic hydroxyl groups excluding tert-OH is 1. The number of aliphatic hydroxyl groups is 1. The molecule has 35 heavy (non-hydrogen) atoms. The topological polar surface area (TPSA) is 82.1 Å². The van der Waals surface area contributed by atoms with Crippen LogP contribution in [0.2, 0.25) is 0 Å². The van der Waals surface area contributed by atoms with E-state index in [1.165, 1.54) is 12.7 Å². The lowest BCUT2D eigenvalue weighted by Gasteiger charge is -2.33. The molecule has 0 amide bonds. The normalized spacial score (nSPS) is 24.7. The minimum Gasteiger partial charge on any atom is -0.482 e. The number of esters is 2. The van der Waals surface area contributed by atoms with Gasteiger partial charge in [-0.2, -0.15) is 0 Å². The number of carbonyl (C=O) groups excluding carboxylic acids is 2. The summed E-state index contributed by atoms with van der Waals surface area (Å²) in [7, 11) is 1.36. The van der Waals surface area contributed by atoms with Gasteiger partial charge in [0.1, 0.15) is 11.9 Å². The molecule has 1 fully saturated rings. The Labute approximate surface area is 210 Å². The number of unbranched alkanes of at least 4 members (excludes halogenated alkanes) is 2. The van der Waals surface area contributed by atoms with Crippen molar-refractivity contribution in [1.29, 1.82) is 0 Å². The predicted molar refractivity (Wildman–Crippen MR) is 135 cm³/mol. The second kappa shape index (κ2) is 13.3. The minimum absolute atomic E-state index is 0.0662. The van der Waals surface area contributed by atoms with Crippen molar-refractivity contribution in [2.75, 3.05) is 13.7 Å². The van der Waals surface area contributed by atoms with E-state index >= 15 is 0 Å². The monoisotopic (exact) mass is 488 g/mol. The molecule has 2 aliphatic rings. The predicted octanol–water partition coefficient (Wildman–Crippen LogP) is 5.27. The van der Waals surface area contributed by atoms with Gasteiger partial charge in [0.25, 0.3) is 0 Å². The smallest absolute Gasteiger partial charge is 0.343 e. The molecule has 0 bridgehead atoms. The molecule has 6 atom stereocenters. The number of methoxy groups -OCH3 is 1. The van der Waals surface area contributed by atoms with Crippen LogP contribution >= 0.6 is 0 Å². The van der Waals surface area contributed by atoms with E-state index in [4.69, 9.17) is 14.2 Å². The first-order valence-electron chi connectivity index (χ1n) is 13.6. The summed E-state index contributed by atoms with van der Waals surface area (Å²) in [5.41, 5.74) is 2.40. The van der Waals surface area contributed by atoms with E-state index < -0.39 is 5.97 Å². The van der Waals surface area contributed by atoms with Gasteiger partial charge in [-0.3, -0.25) is 4.79 Å². The molecule has 0 saturated heterocycles. The number of carbonyl (C=O) groups is 2. The molecule has 1 aromatic rings. The van der Waals surface area contributed by atoms with Crippen molar-refractivity contribution < 1.29 is 28.9 Å². The molecule has 6 nitrogen and oxygen atoms in total. The summed E-state index contributed by atoms with van der Waals surface area (Å²) >= 11 is 0. The van der Waals surface area contributed by atoms with Crippen LogP contribution in [-0.4, -0.2) is 43.0 Å². The molecule has 0 spiro atoms. The Balaban J connectivity index is 1.65. The van der Waals surface area contributed by atoms with E-state index in [1.807, 2.05) is 26.0 Å². The van der Waals surface area contributed by atoms with Gasteiger partial charge >= 0.3 is 11.9 Å². The van der Waals surface area contributed by atoms with E-state index in [9.17, 15) is 14.7 Å². The van der Waals surface area contributed by atoms with Crippen molar-refractivity contribution in [3.63, 3.8) is 0 Å².